The second kappa shape index (κ2) is 12.5. The molecule has 13 heavy (non-hydrogen) atoms. The van der Waals surface area contributed by atoms with E-state index < -0.39 is 0 Å². The normalized spacial score (nSPS) is 13.1. The van der Waals surface area contributed by atoms with Gasteiger partial charge in [0.25, 0.3) is 0 Å². The van der Waals surface area contributed by atoms with E-state index in [1.54, 1.807) is 0 Å². The van der Waals surface area contributed by atoms with Crippen molar-refractivity contribution >= 4 is 20.9 Å². The zero-order valence-electron chi connectivity index (χ0n) is 10.1. The molecule has 0 aromatic heterocycles. The molecular weight excluding hydrogens is 272 g/mol. The number of hydrogen-bond donors (Lipinski definition) is 0. The van der Waals surface area contributed by atoms with Crippen LogP contribution in [0.25, 0.3) is 0 Å². The Morgan fingerprint density at radius 1 is 1.08 bits per heavy atom. The Kier molecular flexibility index (Phi) is 11.2. The van der Waals surface area contributed by atoms with Gasteiger partial charge < -0.3 is 0 Å². The fourth-order valence-corrected chi connectivity index (χ4v) is 3.31. The monoisotopic (exact) mass is 299 g/mol. The molecule has 0 fully saturated rings. The Bertz CT molecular complexity index is 143. The van der Waals surface area contributed by atoms with E-state index in [2.05, 4.69) is 19.9 Å². The third-order valence-corrected chi connectivity index (χ3v) is 4.33. The van der Waals surface area contributed by atoms with E-state index in [4.69, 9.17) is 1.37 Å². The summed E-state index contributed by atoms with van der Waals surface area (Å²) in [4.78, 5) is 0. The molecule has 0 N–H and O–H groups in total. The molecule has 0 aromatic rings. The minimum atomic E-state index is -0.112. The Hall–Kier alpha value is 0.530. The van der Waals surface area contributed by atoms with Gasteiger partial charge >= 0.3 is 95.7 Å². The van der Waals surface area contributed by atoms with Crippen LogP contribution in [-0.4, -0.2) is 20.9 Å². The summed E-state index contributed by atoms with van der Waals surface area (Å²) in [6.45, 7) is 4.47. The fourth-order valence-electron chi connectivity index (χ4n) is 1.07. The first-order valence-electron chi connectivity index (χ1n) is 6.10. The summed E-state index contributed by atoms with van der Waals surface area (Å²) in [6.07, 6.45) is 11.2. The molecule has 0 amide bonds. The first-order valence-corrected chi connectivity index (χ1v) is 8.42. The number of hydrogen-bond acceptors (Lipinski definition) is 0. The van der Waals surface area contributed by atoms with E-state index in [1.807, 2.05) is 0 Å². The third-order valence-electron chi connectivity index (χ3n) is 1.97. The topological polar surface area (TPSA) is 0 Å². The predicted molar refractivity (Wildman–Crippen MR) is 63.4 cm³/mol. The van der Waals surface area contributed by atoms with E-state index in [9.17, 15) is 0 Å². The molecule has 0 rings (SSSR count). The van der Waals surface area contributed by atoms with Crippen molar-refractivity contribution in [2.75, 3.05) is 0 Å². The van der Waals surface area contributed by atoms with Gasteiger partial charge in [0.2, 0.25) is 0 Å². The van der Waals surface area contributed by atoms with Gasteiger partial charge in [-0.3, -0.25) is 0 Å². The van der Waals surface area contributed by atoms with E-state index in [0.717, 1.165) is 10.5 Å². The van der Waals surface area contributed by atoms with Crippen LogP contribution < -0.4 is 0 Å². The zero-order valence-corrected chi connectivity index (χ0v) is 11.5. The molecule has 0 heterocycles. The number of allylic oxidation sites excluding steroid dienone is 1. The quantitative estimate of drug-likeness (QED) is 0.437. The molecule has 1 heteroatoms. The van der Waals surface area contributed by atoms with Crippen LogP contribution in [0, 0.1) is 0 Å². The Morgan fingerprint density at radius 2 is 1.85 bits per heavy atom. The van der Waals surface area contributed by atoms with Crippen molar-refractivity contribution in [2.45, 2.75) is 63.3 Å². The van der Waals surface area contributed by atoms with Crippen LogP contribution in [0.4, 0.5) is 0 Å². The summed E-state index contributed by atoms with van der Waals surface area (Å²) in [7, 11) is 0. The minimum absolute atomic E-state index is 0.112. The first kappa shape index (κ1) is 11.6. The van der Waals surface area contributed by atoms with Gasteiger partial charge in [-0.1, -0.05) is 0 Å². The van der Waals surface area contributed by atoms with Crippen LogP contribution in [0.5, 0.6) is 0 Å². The summed E-state index contributed by atoms with van der Waals surface area (Å²) in [6, 6.07) is 0. The summed E-state index contributed by atoms with van der Waals surface area (Å²) in [5, 5.41) is 0. The summed E-state index contributed by atoms with van der Waals surface area (Å²) < 4.78 is 10.1. The Morgan fingerprint density at radius 3 is 2.54 bits per heavy atom. The maximum absolute atomic E-state index is 7.75. The van der Waals surface area contributed by atoms with Gasteiger partial charge in [-0.25, -0.2) is 0 Å². The van der Waals surface area contributed by atoms with Gasteiger partial charge in [-0.2, -0.15) is 0 Å². The molecule has 0 unspecified atom stereocenters. The Balaban J connectivity index is 3.27. The molecule has 0 aliphatic rings. The summed E-state index contributed by atoms with van der Waals surface area (Å²) in [5.74, 6) is 0. The molecule has 0 aliphatic heterocycles. The van der Waals surface area contributed by atoms with Gasteiger partial charge in [-0.15, -0.1) is 0 Å². The predicted octanol–water partition coefficient (Wildman–Crippen LogP) is 4.39. The maximum atomic E-state index is 7.75. The van der Waals surface area contributed by atoms with E-state index in [-0.39, 0.29) is 20.9 Å². The average molecular weight is 297 g/mol. The molecule has 0 spiro atoms. The van der Waals surface area contributed by atoms with Crippen molar-refractivity contribution in [3.8, 4) is 0 Å². The molecule has 0 atom stereocenters. The molecular formula is C12H24Te. The van der Waals surface area contributed by atoms with Gasteiger partial charge in [0.05, 0.1) is 0 Å². The van der Waals surface area contributed by atoms with E-state index >= 15 is 0 Å². The fraction of sp³-hybridized carbons (Fsp3) is 0.833. The van der Waals surface area contributed by atoms with Crippen LogP contribution in [0.1, 0.15) is 60.2 Å². The third kappa shape index (κ3) is 12.5. The van der Waals surface area contributed by atoms with Crippen molar-refractivity contribution < 1.29 is 1.37 Å². The van der Waals surface area contributed by atoms with Crippen LogP contribution >= 0.6 is 0 Å². The molecule has 0 saturated heterocycles. The summed E-state index contributed by atoms with van der Waals surface area (Å²) in [5.41, 5.74) is 0. The zero-order chi connectivity index (χ0) is 10.6. The molecule has 0 aliphatic carbocycles. The van der Waals surface area contributed by atoms with Crippen LogP contribution in [0.3, 0.4) is 0 Å². The number of rotatable bonds is 9. The van der Waals surface area contributed by atoms with Crippen molar-refractivity contribution in [3.63, 3.8) is 0 Å². The van der Waals surface area contributed by atoms with E-state index in [1.165, 1.54) is 43.0 Å². The van der Waals surface area contributed by atoms with Crippen LogP contribution in [0.15, 0.2) is 10.2 Å². The molecule has 78 valence electrons. The SMILES string of the molecule is [2H]/C(=C\CCCCCC)[Te]CCCC. The first-order chi connectivity index (χ1) is 6.81. The van der Waals surface area contributed by atoms with Crippen LogP contribution in [0.2, 0.25) is 4.47 Å². The van der Waals surface area contributed by atoms with Crippen LogP contribution in [-0.2, 0) is 0 Å². The Labute approximate surface area is 95.7 Å². The second-order valence-electron chi connectivity index (χ2n) is 3.37. The van der Waals surface area contributed by atoms with Crippen molar-refractivity contribution in [2.24, 2.45) is 0 Å². The molecule has 0 aromatic carbocycles. The summed E-state index contributed by atoms with van der Waals surface area (Å²) >= 11 is -0.112. The van der Waals surface area contributed by atoms with Crippen molar-refractivity contribution in [3.05, 3.63) is 10.2 Å². The standard InChI is InChI=1S/C12H24Te/c1-3-5-7-8-9-10-12-13-11-6-4-2/h10,12H,3-9,11H2,1-2H3/b12-10+/i12D. The second-order valence-corrected chi connectivity index (χ2v) is 6.04. The average Bonchev–Trinajstić information content (AvgIpc) is 2.18. The van der Waals surface area contributed by atoms with E-state index in [0.29, 0.717) is 0 Å². The molecule has 0 bridgehead atoms. The van der Waals surface area contributed by atoms with Gasteiger partial charge in [-0.05, 0) is 0 Å². The molecule has 0 nitrogen and oxygen atoms in total. The van der Waals surface area contributed by atoms with Crippen molar-refractivity contribution in [1.29, 1.82) is 0 Å². The number of unbranched alkanes of at least 4 members (excludes halogenated alkanes) is 5. The van der Waals surface area contributed by atoms with Gasteiger partial charge in [0.15, 0.2) is 0 Å². The van der Waals surface area contributed by atoms with Gasteiger partial charge in [0, 0.05) is 0 Å². The van der Waals surface area contributed by atoms with Crippen molar-refractivity contribution in [1.82, 2.24) is 0 Å². The molecule has 0 radical (unpaired) electrons. The van der Waals surface area contributed by atoms with Gasteiger partial charge in [0.1, 0.15) is 0 Å². The molecule has 0 saturated carbocycles.